The number of nitrogens with zero attached hydrogens (tertiary/aromatic N) is 4. The van der Waals surface area contributed by atoms with Crippen molar-refractivity contribution in [1.82, 2.24) is 0 Å². The van der Waals surface area contributed by atoms with Crippen molar-refractivity contribution in [2.75, 3.05) is 26.2 Å². The highest BCUT2D eigenvalue weighted by Gasteiger charge is 2.24. The summed E-state index contributed by atoms with van der Waals surface area (Å²) in [5.74, 6) is 0. The van der Waals surface area contributed by atoms with Gasteiger partial charge in [0, 0.05) is 0 Å². The molecule has 0 rings (SSSR count). The second-order valence-corrected chi connectivity index (χ2v) is 5.39. The highest BCUT2D eigenvalue weighted by atomic mass is 15.3. The first-order valence-electron chi connectivity index (χ1n) is 7.99. The topological polar surface area (TPSA) is 58.7 Å². The number of unbranched alkanes of at least 4 members (excludes halogenated alkanes) is 3. The molecule has 0 aromatic rings. The van der Waals surface area contributed by atoms with Gasteiger partial charge in [-0.15, -0.1) is 0 Å². The summed E-state index contributed by atoms with van der Waals surface area (Å²) in [5, 5.41) is 0. The fourth-order valence-electron chi connectivity index (χ4n) is 2.63. The zero-order valence-electron chi connectivity index (χ0n) is 13.6. The van der Waals surface area contributed by atoms with Crippen LogP contribution < -0.4 is 0 Å². The third-order valence-corrected chi connectivity index (χ3v) is 3.66. The summed E-state index contributed by atoms with van der Waals surface area (Å²) in [5.41, 5.74) is 13.5. The van der Waals surface area contributed by atoms with Crippen LogP contribution in [0.15, 0.2) is 0 Å². The molecule has 19 heavy (non-hydrogen) atoms. The molecule has 0 atom stereocenters. The Morgan fingerprint density at radius 1 is 0.632 bits per heavy atom. The lowest BCUT2D eigenvalue weighted by atomic mass is 10.1. The molecule has 0 heterocycles. The summed E-state index contributed by atoms with van der Waals surface area (Å²) in [6.45, 7) is 15.0. The lowest BCUT2D eigenvalue weighted by molar-refractivity contribution is -0.928. The highest BCUT2D eigenvalue weighted by Crippen LogP contribution is 2.15. The maximum atomic E-state index is 6.75. The lowest BCUT2D eigenvalue weighted by Gasteiger charge is -2.39. The molecule has 0 saturated carbocycles. The van der Waals surface area contributed by atoms with E-state index in [1.807, 2.05) is 0 Å². The molecule has 0 aromatic carbocycles. The molecule has 0 saturated heterocycles. The molecule has 0 aromatic heterocycles. The standard InChI is InChI=1S/C15H34N.N3/c1-5-9-13-16(12-8-4,14-10-6-2)15-11-7-3;1-3-2/h5-15H2,1-4H3;/q+1;-1. The quantitative estimate of drug-likeness (QED) is 0.206. The fraction of sp³-hybridized carbons (Fsp3) is 1.00. The van der Waals surface area contributed by atoms with Crippen LogP contribution in [0.4, 0.5) is 0 Å². The van der Waals surface area contributed by atoms with Gasteiger partial charge in [-0.1, -0.05) is 47.0 Å². The Kier molecular flexibility index (Phi) is 16.6. The summed E-state index contributed by atoms with van der Waals surface area (Å²) >= 11 is 0. The van der Waals surface area contributed by atoms with Gasteiger partial charge in [-0.25, -0.2) is 0 Å². The molecule has 114 valence electrons. The lowest BCUT2D eigenvalue weighted by Crippen LogP contribution is -2.50. The molecule has 0 aliphatic heterocycles. The maximum Gasteiger partial charge on any atom is 0.0786 e. The first-order chi connectivity index (χ1) is 9.16. The van der Waals surface area contributed by atoms with E-state index in [0.717, 1.165) is 0 Å². The van der Waals surface area contributed by atoms with Gasteiger partial charge < -0.3 is 15.5 Å². The molecule has 4 nitrogen and oxygen atoms in total. The largest absolute Gasteiger partial charge is 0.373 e. The molecule has 0 N–H and O–H groups in total. The predicted octanol–water partition coefficient (Wildman–Crippen LogP) is 5.48. The molecule has 0 radical (unpaired) electrons. The number of hydrogen-bond donors (Lipinski definition) is 0. The SMILES string of the molecule is CCCC[N+](CCC)(CCCC)CCCC.[N-]=[N+]=[N-]. The zero-order chi connectivity index (χ0) is 15.0. The van der Waals surface area contributed by atoms with Crippen molar-refractivity contribution >= 4 is 0 Å². The number of hydrogen-bond acceptors (Lipinski definition) is 0. The number of quaternary nitrogens is 1. The van der Waals surface area contributed by atoms with E-state index in [0.29, 0.717) is 0 Å². The third-order valence-electron chi connectivity index (χ3n) is 3.66. The summed E-state index contributed by atoms with van der Waals surface area (Å²) in [4.78, 5) is 1.50. The van der Waals surface area contributed by atoms with E-state index in [9.17, 15) is 0 Å². The number of rotatable bonds is 11. The molecule has 4 heteroatoms. The van der Waals surface area contributed by atoms with Gasteiger partial charge in [-0.05, 0) is 25.7 Å². The molecule has 0 bridgehead atoms. The molecule has 0 aliphatic carbocycles. The Hall–Kier alpha value is -0.730. The van der Waals surface area contributed by atoms with Crippen LogP contribution in [0, 0.1) is 0 Å². The van der Waals surface area contributed by atoms with Gasteiger partial charge in [0.1, 0.15) is 0 Å². The monoisotopic (exact) mass is 270 g/mol. The van der Waals surface area contributed by atoms with Crippen molar-refractivity contribution in [3.05, 3.63) is 16.0 Å². The van der Waals surface area contributed by atoms with Crippen molar-refractivity contribution in [3.63, 3.8) is 0 Å². The van der Waals surface area contributed by atoms with Gasteiger partial charge in [0.15, 0.2) is 0 Å². The molecule has 0 amide bonds. The van der Waals surface area contributed by atoms with Crippen LogP contribution in [0.1, 0.15) is 72.6 Å². The molecule has 0 fully saturated rings. The van der Waals surface area contributed by atoms with Crippen molar-refractivity contribution < 1.29 is 4.48 Å². The van der Waals surface area contributed by atoms with Crippen LogP contribution in [0.5, 0.6) is 0 Å². The average Bonchev–Trinajstić information content (AvgIpc) is 2.41. The molecular formula is C15H34N4. The van der Waals surface area contributed by atoms with E-state index in [-0.39, 0.29) is 0 Å². The Bertz CT molecular complexity index is 188. The predicted molar refractivity (Wildman–Crippen MR) is 84.8 cm³/mol. The van der Waals surface area contributed by atoms with Gasteiger partial charge in [0.25, 0.3) is 0 Å². The summed E-state index contributed by atoms with van der Waals surface area (Å²) in [6.07, 6.45) is 9.62. The van der Waals surface area contributed by atoms with Crippen LogP contribution in [-0.4, -0.2) is 30.7 Å². The normalized spacial score (nSPS) is 10.5. The Morgan fingerprint density at radius 2 is 0.947 bits per heavy atom. The molecular weight excluding hydrogens is 236 g/mol. The molecule has 0 unspecified atom stereocenters. The second-order valence-electron chi connectivity index (χ2n) is 5.39. The van der Waals surface area contributed by atoms with Crippen LogP contribution in [0.25, 0.3) is 16.0 Å². The zero-order valence-corrected chi connectivity index (χ0v) is 13.6. The van der Waals surface area contributed by atoms with Crippen molar-refractivity contribution in [1.29, 1.82) is 0 Å². The van der Waals surface area contributed by atoms with Gasteiger partial charge in [-0.3, -0.25) is 4.91 Å². The van der Waals surface area contributed by atoms with Gasteiger partial charge in [-0.2, -0.15) is 0 Å². The highest BCUT2D eigenvalue weighted by molar-refractivity contribution is 4.48. The van der Waals surface area contributed by atoms with E-state index < -0.39 is 0 Å². The van der Waals surface area contributed by atoms with Crippen molar-refractivity contribution in [3.8, 4) is 0 Å². The Labute approximate surface area is 120 Å². The van der Waals surface area contributed by atoms with Crippen LogP contribution >= 0.6 is 0 Å². The first kappa shape index (κ1) is 20.6. The smallest absolute Gasteiger partial charge is 0.0786 e. The van der Waals surface area contributed by atoms with E-state index in [1.165, 1.54) is 80.5 Å². The Morgan fingerprint density at radius 3 is 1.16 bits per heavy atom. The second kappa shape index (κ2) is 15.3. The average molecular weight is 270 g/mol. The van der Waals surface area contributed by atoms with Crippen molar-refractivity contribution in [2.45, 2.75) is 72.6 Å². The van der Waals surface area contributed by atoms with Gasteiger partial charge in [0.05, 0.1) is 26.2 Å². The van der Waals surface area contributed by atoms with Crippen LogP contribution in [0.2, 0.25) is 0 Å². The van der Waals surface area contributed by atoms with Gasteiger partial charge >= 0.3 is 0 Å². The summed E-state index contributed by atoms with van der Waals surface area (Å²) in [7, 11) is 0. The first-order valence-corrected chi connectivity index (χ1v) is 7.99. The summed E-state index contributed by atoms with van der Waals surface area (Å²) in [6, 6.07) is 0. The van der Waals surface area contributed by atoms with Crippen LogP contribution in [0.3, 0.4) is 0 Å². The van der Waals surface area contributed by atoms with E-state index in [2.05, 4.69) is 27.7 Å². The van der Waals surface area contributed by atoms with E-state index in [4.69, 9.17) is 11.1 Å². The minimum atomic E-state index is 1.34. The Balaban J connectivity index is 0. The minimum absolute atomic E-state index is 1.34. The van der Waals surface area contributed by atoms with Crippen molar-refractivity contribution in [2.24, 2.45) is 0 Å². The van der Waals surface area contributed by atoms with E-state index >= 15 is 0 Å². The minimum Gasteiger partial charge on any atom is -0.373 e. The van der Waals surface area contributed by atoms with Crippen LogP contribution in [-0.2, 0) is 0 Å². The van der Waals surface area contributed by atoms with Gasteiger partial charge in [0.2, 0.25) is 0 Å². The third kappa shape index (κ3) is 12.1. The fourth-order valence-corrected chi connectivity index (χ4v) is 2.63. The molecule has 0 spiro atoms. The summed E-state index contributed by atoms with van der Waals surface area (Å²) < 4.78 is 1.41. The van der Waals surface area contributed by atoms with E-state index in [1.54, 1.807) is 0 Å². The maximum absolute atomic E-state index is 6.75. The molecule has 0 aliphatic rings.